The summed E-state index contributed by atoms with van der Waals surface area (Å²) in [6.07, 6.45) is 2.65. The monoisotopic (exact) mass is 522 g/mol. The molecule has 1 saturated heterocycles. The average molecular weight is 523 g/mol. The van der Waals surface area contributed by atoms with Crippen molar-refractivity contribution in [2.24, 2.45) is 0 Å². The number of benzene rings is 1. The molecule has 0 radical (unpaired) electrons. The van der Waals surface area contributed by atoms with Crippen LogP contribution >= 0.6 is 27.5 Å². The Kier molecular flexibility index (Phi) is 8.36. The van der Waals surface area contributed by atoms with Crippen molar-refractivity contribution in [3.05, 3.63) is 28.7 Å². The molecule has 1 atom stereocenters. The molecule has 2 aromatic rings. The van der Waals surface area contributed by atoms with E-state index < -0.39 is 20.7 Å². The van der Waals surface area contributed by atoms with Gasteiger partial charge in [0, 0.05) is 48.7 Å². The number of rotatable bonds is 9. The summed E-state index contributed by atoms with van der Waals surface area (Å²) in [6.45, 7) is 4.55. The van der Waals surface area contributed by atoms with E-state index in [9.17, 15) is 17.9 Å². The second-order valence-electron chi connectivity index (χ2n) is 6.91. The van der Waals surface area contributed by atoms with E-state index in [-0.39, 0.29) is 11.2 Å². The van der Waals surface area contributed by atoms with Gasteiger partial charge >= 0.3 is 0 Å². The number of aromatic nitrogens is 2. The zero-order valence-electron chi connectivity index (χ0n) is 16.1. The Morgan fingerprint density at radius 1 is 1.40 bits per heavy atom. The number of sulfonamides is 1. The van der Waals surface area contributed by atoms with Gasteiger partial charge in [-0.2, -0.15) is 4.37 Å². The number of nitrogens with zero attached hydrogens (tertiary/aromatic N) is 3. The molecule has 30 heavy (non-hydrogen) atoms. The molecule has 1 fully saturated rings. The first-order chi connectivity index (χ1) is 14.3. The number of anilines is 2. The van der Waals surface area contributed by atoms with E-state index in [1.165, 1.54) is 12.4 Å². The largest absolute Gasteiger partial charge is 0.390 e. The zero-order valence-corrected chi connectivity index (χ0v) is 19.4. The first-order valence-electron chi connectivity index (χ1n) is 9.48. The Morgan fingerprint density at radius 2 is 2.23 bits per heavy atom. The molecule has 166 valence electrons. The third-order valence-corrected chi connectivity index (χ3v) is 7.28. The van der Waals surface area contributed by atoms with Crippen LogP contribution in [0.1, 0.15) is 12.8 Å². The normalized spacial score (nSPS) is 18.2. The quantitative estimate of drug-likeness (QED) is 0.367. The number of hydrogen-bond donors (Lipinski definition) is 4. The van der Waals surface area contributed by atoms with Crippen molar-refractivity contribution in [1.82, 2.24) is 19.6 Å². The number of aliphatic hydroxyl groups excluding tert-OH is 1. The summed E-state index contributed by atoms with van der Waals surface area (Å²) in [5.41, 5.74) is 0.483. The fraction of sp³-hybridized carbons (Fsp3) is 0.529. The molecule has 1 aliphatic heterocycles. The van der Waals surface area contributed by atoms with E-state index in [0.29, 0.717) is 29.8 Å². The van der Waals surface area contributed by atoms with Crippen LogP contribution in [-0.2, 0) is 10.0 Å². The minimum Gasteiger partial charge on any atom is -0.390 e. The predicted octanol–water partition coefficient (Wildman–Crippen LogP) is 1.70. The van der Waals surface area contributed by atoms with Crippen molar-refractivity contribution in [2.75, 3.05) is 49.3 Å². The Morgan fingerprint density at radius 3 is 3.00 bits per heavy atom. The standard InChI is InChI=1S/C17H24BrFN6O3S2/c18-13-7-16(30(27,28)24-17-22-11-23-29-17)14(19)8-15(13)21-3-1-2-5-25-6-4-20-9-12(26)10-25/h7-8,11-12,20-21,26H,1-6,9-10H2,(H,22,23,24). The fourth-order valence-corrected chi connectivity index (χ4v) is 5.49. The third kappa shape index (κ3) is 6.56. The van der Waals surface area contributed by atoms with Crippen molar-refractivity contribution < 1.29 is 17.9 Å². The molecule has 0 saturated carbocycles. The first-order valence-corrected chi connectivity index (χ1v) is 12.5. The van der Waals surface area contributed by atoms with Crippen LogP contribution in [0.15, 0.2) is 27.8 Å². The summed E-state index contributed by atoms with van der Waals surface area (Å²) in [7, 11) is -4.11. The number of β-amino-alcohol motifs (C(OH)–C–C–N with tert-alkyl or cyclic N) is 1. The number of nitrogens with one attached hydrogen (secondary N) is 3. The highest BCUT2D eigenvalue weighted by Crippen LogP contribution is 2.29. The lowest BCUT2D eigenvalue weighted by Gasteiger charge is -2.21. The second kappa shape index (κ2) is 10.8. The molecule has 0 bridgehead atoms. The van der Waals surface area contributed by atoms with Gasteiger partial charge in [-0.1, -0.05) is 0 Å². The second-order valence-corrected chi connectivity index (χ2v) is 10.2. The topological polar surface area (TPSA) is 119 Å². The first kappa shape index (κ1) is 23.3. The highest BCUT2D eigenvalue weighted by atomic mass is 79.9. The SMILES string of the molecule is O=S(=O)(Nc1ncns1)c1cc(Br)c(NCCCCN2CCNCC(O)C2)cc1F. The molecule has 0 spiro atoms. The van der Waals surface area contributed by atoms with Crippen LogP contribution in [0.4, 0.5) is 15.2 Å². The van der Waals surface area contributed by atoms with Crippen LogP contribution < -0.4 is 15.4 Å². The molecule has 9 nitrogen and oxygen atoms in total. The van der Waals surface area contributed by atoms with Crippen molar-refractivity contribution in [3.63, 3.8) is 0 Å². The Labute approximate surface area is 187 Å². The Bertz CT molecular complexity index is 932. The number of aliphatic hydroxyl groups is 1. The molecule has 0 amide bonds. The van der Waals surface area contributed by atoms with Gasteiger partial charge in [-0.3, -0.25) is 9.62 Å². The van der Waals surface area contributed by atoms with Gasteiger partial charge in [0.15, 0.2) is 0 Å². The van der Waals surface area contributed by atoms with Crippen molar-refractivity contribution in [2.45, 2.75) is 23.8 Å². The summed E-state index contributed by atoms with van der Waals surface area (Å²) in [6, 6.07) is 2.39. The van der Waals surface area contributed by atoms with Crippen LogP contribution in [0, 0.1) is 5.82 Å². The highest BCUT2D eigenvalue weighted by molar-refractivity contribution is 9.10. The molecule has 1 unspecified atom stereocenters. The average Bonchev–Trinajstić information content (AvgIpc) is 3.09. The van der Waals surface area contributed by atoms with Gasteiger partial charge in [0.1, 0.15) is 17.0 Å². The molecule has 13 heteroatoms. The smallest absolute Gasteiger partial charge is 0.266 e. The van der Waals surface area contributed by atoms with Crippen LogP contribution in [0.5, 0.6) is 0 Å². The van der Waals surface area contributed by atoms with Gasteiger partial charge < -0.3 is 15.7 Å². The molecule has 1 aliphatic rings. The van der Waals surface area contributed by atoms with E-state index in [1.807, 2.05) is 0 Å². The summed E-state index contributed by atoms with van der Waals surface area (Å²) >= 11 is 4.18. The molecular formula is C17H24BrFN6O3S2. The van der Waals surface area contributed by atoms with Crippen molar-refractivity contribution in [1.29, 1.82) is 0 Å². The van der Waals surface area contributed by atoms with E-state index >= 15 is 0 Å². The van der Waals surface area contributed by atoms with Gasteiger partial charge in [-0.05, 0) is 47.4 Å². The molecule has 1 aromatic carbocycles. The molecule has 2 heterocycles. The van der Waals surface area contributed by atoms with Gasteiger partial charge in [0.25, 0.3) is 10.0 Å². The lowest BCUT2D eigenvalue weighted by atomic mass is 10.2. The zero-order chi connectivity index (χ0) is 21.6. The van der Waals surface area contributed by atoms with Crippen LogP contribution in [0.2, 0.25) is 0 Å². The Balaban J connectivity index is 1.51. The van der Waals surface area contributed by atoms with Crippen LogP contribution in [-0.4, -0.2) is 73.2 Å². The molecule has 0 aliphatic carbocycles. The van der Waals surface area contributed by atoms with E-state index in [2.05, 4.69) is 45.5 Å². The molecular weight excluding hydrogens is 499 g/mol. The van der Waals surface area contributed by atoms with Crippen LogP contribution in [0.25, 0.3) is 0 Å². The maximum absolute atomic E-state index is 14.5. The van der Waals surface area contributed by atoms with Crippen molar-refractivity contribution >= 4 is 48.3 Å². The predicted molar refractivity (Wildman–Crippen MR) is 118 cm³/mol. The van der Waals surface area contributed by atoms with Crippen LogP contribution in [0.3, 0.4) is 0 Å². The fourth-order valence-electron chi connectivity index (χ4n) is 3.10. The minimum atomic E-state index is -4.11. The van der Waals surface area contributed by atoms with Gasteiger partial charge in [-0.25, -0.2) is 17.8 Å². The van der Waals surface area contributed by atoms with Gasteiger partial charge in [0.05, 0.1) is 11.8 Å². The highest BCUT2D eigenvalue weighted by Gasteiger charge is 2.22. The Hall–Kier alpha value is -1.38. The summed E-state index contributed by atoms with van der Waals surface area (Å²) in [5, 5.41) is 16.2. The van der Waals surface area contributed by atoms with E-state index in [0.717, 1.165) is 50.1 Å². The summed E-state index contributed by atoms with van der Waals surface area (Å²) < 4.78 is 45.7. The number of hydrogen-bond acceptors (Lipinski definition) is 9. The third-order valence-electron chi connectivity index (χ3n) is 4.56. The molecule has 3 rings (SSSR count). The number of unbranched alkanes of at least 4 members (excludes halogenated alkanes) is 1. The van der Waals surface area contributed by atoms with Gasteiger partial charge in [0.2, 0.25) is 5.13 Å². The van der Waals surface area contributed by atoms with Gasteiger partial charge in [-0.15, -0.1) is 0 Å². The minimum absolute atomic E-state index is 0.0698. The summed E-state index contributed by atoms with van der Waals surface area (Å²) in [4.78, 5) is 5.51. The summed E-state index contributed by atoms with van der Waals surface area (Å²) in [5.74, 6) is -0.858. The maximum atomic E-state index is 14.5. The maximum Gasteiger partial charge on any atom is 0.266 e. The number of halogens is 2. The lowest BCUT2D eigenvalue weighted by molar-refractivity contribution is 0.130. The van der Waals surface area contributed by atoms with Crippen molar-refractivity contribution in [3.8, 4) is 0 Å². The molecule has 4 N–H and O–H groups in total. The molecule has 1 aromatic heterocycles. The van der Waals surface area contributed by atoms with E-state index in [1.54, 1.807) is 0 Å². The van der Waals surface area contributed by atoms with E-state index in [4.69, 9.17) is 0 Å². The lowest BCUT2D eigenvalue weighted by Crippen LogP contribution is -2.33.